The number of hydrogen-bond donors (Lipinski definition) is 1. The van der Waals surface area contributed by atoms with Gasteiger partial charge >= 0.3 is 0 Å². The van der Waals surface area contributed by atoms with Gasteiger partial charge in [-0.3, -0.25) is 4.79 Å². The fraction of sp³-hybridized carbons (Fsp3) is 0.562. The fourth-order valence-corrected chi connectivity index (χ4v) is 4.49. The number of ether oxygens (including phenoxy) is 1. The molecular weight excluding hydrogens is 316 g/mol. The van der Waals surface area contributed by atoms with Crippen LogP contribution in [0, 0.1) is 0 Å². The molecule has 1 N–H and O–H groups in total. The molecule has 1 aromatic carbocycles. The first-order valence-corrected chi connectivity index (χ1v) is 9.41. The zero-order valence-corrected chi connectivity index (χ0v) is 14.3. The van der Waals surface area contributed by atoms with Gasteiger partial charge in [0.2, 0.25) is 15.9 Å². The maximum absolute atomic E-state index is 12.5. The van der Waals surface area contributed by atoms with Gasteiger partial charge < -0.3 is 9.64 Å². The van der Waals surface area contributed by atoms with Crippen molar-refractivity contribution in [1.29, 1.82) is 0 Å². The van der Waals surface area contributed by atoms with E-state index >= 15 is 0 Å². The number of sulfonamides is 1. The lowest BCUT2D eigenvalue weighted by molar-refractivity contribution is -0.119. The molecule has 0 aliphatic carbocycles. The Hall–Kier alpha value is -1.44. The van der Waals surface area contributed by atoms with Gasteiger partial charge in [-0.05, 0) is 49.4 Å². The van der Waals surface area contributed by atoms with Gasteiger partial charge in [0.25, 0.3) is 0 Å². The summed E-state index contributed by atoms with van der Waals surface area (Å²) < 4.78 is 32.5. The maximum atomic E-state index is 12.5. The van der Waals surface area contributed by atoms with Crippen molar-refractivity contribution in [1.82, 2.24) is 4.72 Å². The average molecular weight is 338 g/mol. The Morgan fingerprint density at radius 2 is 2.17 bits per heavy atom. The monoisotopic (exact) mass is 338 g/mol. The lowest BCUT2D eigenvalue weighted by atomic mass is 9.97. The van der Waals surface area contributed by atoms with Crippen molar-refractivity contribution >= 4 is 21.6 Å². The molecule has 6 nitrogen and oxygen atoms in total. The topological polar surface area (TPSA) is 75.7 Å². The molecule has 1 amide bonds. The Bertz CT molecular complexity index is 730. The fourth-order valence-electron chi connectivity index (χ4n) is 3.33. The van der Waals surface area contributed by atoms with Crippen LogP contribution < -0.4 is 9.62 Å². The van der Waals surface area contributed by atoms with Crippen molar-refractivity contribution in [2.75, 3.05) is 31.7 Å². The summed E-state index contributed by atoms with van der Waals surface area (Å²) in [7, 11) is -1.98. The number of nitrogens with one attached hydrogen (secondary N) is 1. The highest BCUT2D eigenvalue weighted by Gasteiger charge is 2.38. The van der Waals surface area contributed by atoms with E-state index in [4.69, 9.17) is 4.74 Å². The molecule has 0 unspecified atom stereocenters. The van der Waals surface area contributed by atoms with Crippen LogP contribution in [0.1, 0.15) is 36.8 Å². The van der Waals surface area contributed by atoms with E-state index in [1.807, 2.05) is 6.92 Å². The largest absolute Gasteiger partial charge is 0.385 e. The quantitative estimate of drug-likeness (QED) is 0.796. The van der Waals surface area contributed by atoms with Gasteiger partial charge in [-0.25, -0.2) is 13.1 Å². The zero-order valence-electron chi connectivity index (χ0n) is 13.5. The van der Waals surface area contributed by atoms with Crippen LogP contribution in [-0.4, -0.2) is 41.1 Å². The molecular formula is C16H22N2O4S. The highest BCUT2D eigenvalue weighted by Crippen LogP contribution is 2.43. The molecule has 23 heavy (non-hydrogen) atoms. The van der Waals surface area contributed by atoms with Crippen molar-refractivity contribution in [2.45, 2.75) is 37.0 Å². The van der Waals surface area contributed by atoms with Gasteiger partial charge in [-0.2, -0.15) is 0 Å². The summed E-state index contributed by atoms with van der Waals surface area (Å²) in [4.78, 5) is 14.4. The van der Waals surface area contributed by atoms with E-state index in [0.29, 0.717) is 19.6 Å². The first kappa shape index (κ1) is 16.4. The number of anilines is 1. The van der Waals surface area contributed by atoms with E-state index in [0.717, 1.165) is 36.2 Å². The Kier molecular flexibility index (Phi) is 4.44. The summed E-state index contributed by atoms with van der Waals surface area (Å²) in [5, 5.41) is 0. The van der Waals surface area contributed by atoms with Crippen molar-refractivity contribution in [3.05, 3.63) is 23.3 Å². The third kappa shape index (κ3) is 2.88. The van der Waals surface area contributed by atoms with Crippen LogP contribution >= 0.6 is 0 Å². The van der Waals surface area contributed by atoms with Crippen molar-refractivity contribution in [3.8, 4) is 0 Å². The molecule has 7 heteroatoms. The molecule has 2 aliphatic rings. The van der Waals surface area contributed by atoms with Gasteiger partial charge in [-0.1, -0.05) is 0 Å². The van der Waals surface area contributed by atoms with Crippen LogP contribution in [0.4, 0.5) is 5.69 Å². The van der Waals surface area contributed by atoms with Gasteiger partial charge in [0.05, 0.1) is 16.5 Å². The smallest absolute Gasteiger partial charge is 0.240 e. The van der Waals surface area contributed by atoms with Gasteiger partial charge in [0.15, 0.2) is 0 Å². The number of aryl methyl sites for hydroxylation is 1. The standard InChI is InChI=1S/C16H22N2O4S/c1-11-14-10-13(23(20,21)17-6-4-8-22-2)9-12-5-3-7-18(15(12)14)16(11)19/h9-11,17H,3-8H2,1-2H3/t11-/m1/s1. The second kappa shape index (κ2) is 6.22. The summed E-state index contributed by atoms with van der Waals surface area (Å²) in [6.07, 6.45) is 2.30. The van der Waals surface area contributed by atoms with Crippen LogP contribution in [0.25, 0.3) is 0 Å². The van der Waals surface area contributed by atoms with Crippen molar-refractivity contribution < 1.29 is 17.9 Å². The van der Waals surface area contributed by atoms with Crippen LogP contribution in [0.15, 0.2) is 17.0 Å². The van der Waals surface area contributed by atoms with Crippen LogP contribution in [-0.2, 0) is 26.0 Å². The Morgan fingerprint density at radius 1 is 1.39 bits per heavy atom. The number of carbonyl (C=O) groups excluding carboxylic acids is 1. The van der Waals surface area contributed by atoms with Gasteiger partial charge in [0, 0.05) is 26.8 Å². The van der Waals surface area contributed by atoms with E-state index in [2.05, 4.69) is 4.72 Å². The van der Waals surface area contributed by atoms with Crippen LogP contribution in [0.3, 0.4) is 0 Å². The molecule has 2 aliphatic heterocycles. The lowest BCUT2D eigenvalue weighted by Gasteiger charge is -2.26. The highest BCUT2D eigenvalue weighted by molar-refractivity contribution is 7.89. The third-order valence-corrected chi connectivity index (χ3v) is 5.96. The molecule has 126 valence electrons. The SMILES string of the molecule is COCCCNS(=O)(=O)c1cc2c3c(c1)[C@@H](C)C(=O)N3CCC2. The molecule has 2 heterocycles. The number of amides is 1. The predicted octanol–water partition coefficient (Wildman–Crippen LogP) is 1.40. The van der Waals surface area contributed by atoms with E-state index in [9.17, 15) is 13.2 Å². The number of carbonyl (C=O) groups is 1. The third-order valence-electron chi connectivity index (χ3n) is 4.52. The minimum atomic E-state index is -3.56. The molecule has 0 spiro atoms. The van der Waals surface area contributed by atoms with E-state index in [-0.39, 0.29) is 16.7 Å². The van der Waals surface area contributed by atoms with Gasteiger partial charge in [0.1, 0.15) is 0 Å². The van der Waals surface area contributed by atoms with Crippen LogP contribution in [0.5, 0.6) is 0 Å². The van der Waals surface area contributed by atoms with E-state index in [1.54, 1.807) is 24.1 Å². The first-order chi connectivity index (χ1) is 11.0. The molecule has 0 saturated carbocycles. The van der Waals surface area contributed by atoms with E-state index < -0.39 is 10.0 Å². The average Bonchev–Trinajstić information content (AvgIpc) is 2.79. The molecule has 3 rings (SSSR count). The minimum absolute atomic E-state index is 0.0727. The van der Waals surface area contributed by atoms with Crippen molar-refractivity contribution in [3.63, 3.8) is 0 Å². The summed E-state index contributed by atoms with van der Waals surface area (Å²) >= 11 is 0. The zero-order chi connectivity index (χ0) is 16.6. The summed E-state index contributed by atoms with van der Waals surface area (Å²) in [5.41, 5.74) is 2.74. The molecule has 0 radical (unpaired) electrons. The number of methoxy groups -OCH3 is 1. The summed E-state index contributed by atoms with van der Waals surface area (Å²) in [6, 6.07) is 3.38. The number of rotatable bonds is 6. The molecule has 0 aromatic heterocycles. The second-order valence-corrected chi connectivity index (χ2v) is 7.85. The van der Waals surface area contributed by atoms with Crippen molar-refractivity contribution in [2.24, 2.45) is 0 Å². The van der Waals surface area contributed by atoms with E-state index in [1.165, 1.54) is 0 Å². The molecule has 0 fully saturated rings. The van der Waals surface area contributed by atoms with Crippen LogP contribution in [0.2, 0.25) is 0 Å². The number of hydrogen-bond acceptors (Lipinski definition) is 4. The Balaban J connectivity index is 1.93. The number of benzene rings is 1. The highest BCUT2D eigenvalue weighted by atomic mass is 32.2. The number of nitrogens with zero attached hydrogens (tertiary/aromatic N) is 1. The second-order valence-electron chi connectivity index (χ2n) is 6.08. The minimum Gasteiger partial charge on any atom is -0.385 e. The maximum Gasteiger partial charge on any atom is 0.240 e. The normalized spacial score (nSPS) is 20.0. The lowest BCUT2D eigenvalue weighted by Crippen LogP contribution is -2.32. The summed E-state index contributed by atoms with van der Waals surface area (Å²) in [5.74, 6) is -0.200. The Labute approximate surface area is 136 Å². The molecule has 0 saturated heterocycles. The Morgan fingerprint density at radius 3 is 2.91 bits per heavy atom. The first-order valence-electron chi connectivity index (χ1n) is 7.92. The molecule has 1 aromatic rings. The summed E-state index contributed by atoms with van der Waals surface area (Å²) in [6.45, 7) is 3.42. The molecule has 1 atom stereocenters. The van der Waals surface area contributed by atoms with Gasteiger partial charge in [-0.15, -0.1) is 0 Å². The molecule has 0 bridgehead atoms. The predicted molar refractivity (Wildman–Crippen MR) is 87.2 cm³/mol.